The van der Waals surface area contributed by atoms with Crippen molar-refractivity contribution in [3.63, 3.8) is 0 Å². The van der Waals surface area contributed by atoms with E-state index in [0.29, 0.717) is 21.4 Å². The third kappa shape index (κ3) is 4.37. The lowest BCUT2D eigenvalue weighted by Crippen LogP contribution is -2.24. The quantitative estimate of drug-likeness (QED) is 0.823. The maximum atomic E-state index is 12.6. The summed E-state index contributed by atoms with van der Waals surface area (Å²) < 4.78 is 0. The molecule has 2 N–H and O–H groups in total. The first-order valence-electron chi connectivity index (χ1n) is 7.13. The molecule has 2 amide bonds. The van der Waals surface area contributed by atoms with Crippen LogP contribution in [0.5, 0.6) is 0 Å². The van der Waals surface area contributed by atoms with Crippen LogP contribution in [0.3, 0.4) is 0 Å². The van der Waals surface area contributed by atoms with Gasteiger partial charge in [0.2, 0.25) is 5.91 Å². The molecule has 0 saturated carbocycles. The molecule has 124 valence electrons. The zero-order valence-electron chi connectivity index (χ0n) is 13.2. The number of amides is 2. The van der Waals surface area contributed by atoms with Crippen LogP contribution in [0.25, 0.3) is 0 Å². The van der Waals surface area contributed by atoms with Crippen molar-refractivity contribution in [2.45, 2.75) is 13.8 Å². The summed E-state index contributed by atoms with van der Waals surface area (Å²) in [5.41, 5.74) is 8.33. The predicted octanol–water partition coefficient (Wildman–Crippen LogP) is 4.32. The van der Waals surface area contributed by atoms with Gasteiger partial charge in [-0.25, -0.2) is 0 Å². The summed E-state index contributed by atoms with van der Waals surface area (Å²) >= 11 is 12.1. The standard InChI is InChI=1S/C18H16Cl2N2O2/c1-11-3-4-15(7-12(11)2)22(18(24)6-5-17(21)23)16-9-13(19)8-14(20)10-16/h3-10H,1-2H3,(H2,21,23). The van der Waals surface area contributed by atoms with Crippen LogP contribution >= 0.6 is 23.2 Å². The van der Waals surface area contributed by atoms with Crippen molar-refractivity contribution in [2.75, 3.05) is 4.90 Å². The summed E-state index contributed by atoms with van der Waals surface area (Å²) in [4.78, 5) is 25.0. The first-order valence-corrected chi connectivity index (χ1v) is 7.88. The molecular weight excluding hydrogens is 347 g/mol. The van der Waals surface area contributed by atoms with Gasteiger partial charge in [-0.1, -0.05) is 29.3 Å². The normalized spacial score (nSPS) is 10.8. The summed E-state index contributed by atoms with van der Waals surface area (Å²) in [5, 5.41) is 0.802. The number of nitrogens with two attached hydrogens (primary N) is 1. The van der Waals surface area contributed by atoms with Crippen molar-refractivity contribution < 1.29 is 9.59 Å². The van der Waals surface area contributed by atoms with E-state index in [-0.39, 0.29) is 0 Å². The summed E-state index contributed by atoms with van der Waals surface area (Å²) in [6, 6.07) is 10.4. The molecule has 4 nitrogen and oxygen atoms in total. The molecule has 0 atom stereocenters. The lowest BCUT2D eigenvalue weighted by molar-refractivity contribution is -0.115. The number of aryl methyl sites for hydroxylation is 2. The van der Waals surface area contributed by atoms with Crippen LogP contribution in [0, 0.1) is 13.8 Å². The van der Waals surface area contributed by atoms with E-state index in [2.05, 4.69) is 0 Å². The Kier molecular flexibility index (Phi) is 5.65. The zero-order chi connectivity index (χ0) is 17.9. The fourth-order valence-corrected chi connectivity index (χ4v) is 2.68. The summed E-state index contributed by atoms with van der Waals surface area (Å²) in [6.07, 6.45) is 2.13. The van der Waals surface area contributed by atoms with Gasteiger partial charge in [0, 0.05) is 27.9 Å². The molecule has 0 aliphatic rings. The number of benzene rings is 2. The van der Waals surface area contributed by atoms with Crippen LogP contribution in [0.2, 0.25) is 10.0 Å². The second-order valence-electron chi connectivity index (χ2n) is 5.31. The topological polar surface area (TPSA) is 63.4 Å². The SMILES string of the molecule is Cc1ccc(N(C(=O)C=CC(N)=O)c2cc(Cl)cc(Cl)c2)cc1C. The van der Waals surface area contributed by atoms with Crippen molar-refractivity contribution in [2.24, 2.45) is 5.73 Å². The zero-order valence-corrected chi connectivity index (χ0v) is 14.7. The van der Waals surface area contributed by atoms with E-state index in [9.17, 15) is 9.59 Å². The molecule has 0 unspecified atom stereocenters. The van der Waals surface area contributed by atoms with Crippen LogP contribution in [-0.4, -0.2) is 11.8 Å². The van der Waals surface area contributed by atoms with Crippen LogP contribution in [0.15, 0.2) is 48.6 Å². The van der Waals surface area contributed by atoms with Gasteiger partial charge in [0.1, 0.15) is 0 Å². The molecule has 0 bridgehead atoms. The van der Waals surface area contributed by atoms with Crippen LogP contribution < -0.4 is 10.6 Å². The Labute approximate surface area is 150 Å². The van der Waals surface area contributed by atoms with E-state index < -0.39 is 11.8 Å². The van der Waals surface area contributed by atoms with Crippen molar-refractivity contribution in [1.82, 2.24) is 0 Å². The number of rotatable bonds is 4. The Morgan fingerprint density at radius 1 is 0.917 bits per heavy atom. The highest BCUT2D eigenvalue weighted by Crippen LogP contribution is 2.32. The van der Waals surface area contributed by atoms with Gasteiger partial charge in [0.25, 0.3) is 5.91 Å². The van der Waals surface area contributed by atoms with Crippen molar-refractivity contribution in [1.29, 1.82) is 0 Å². The Hall–Kier alpha value is -2.30. The number of carbonyl (C=O) groups is 2. The molecule has 0 fully saturated rings. The first kappa shape index (κ1) is 18.0. The largest absolute Gasteiger partial charge is 0.366 e. The number of primary amides is 1. The molecule has 0 aliphatic heterocycles. The second kappa shape index (κ2) is 7.51. The monoisotopic (exact) mass is 362 g/mol. The maximum absolute atomic E-state index is 12.6. The number of carbonyl (C=O) groups excluding carboxylic acids is 2. The van der Waals surface area contributed by atoms with E-state index in [4.69, 9.17) is 28.9 Å². The molecule has 2 rings (SSSR count). The molecule has 0 saturated heterocycles. The molecule has 0 heterocycles. The third-order valence-corrected chi connectivity index (χ3v) is 3.90. The minimum atomic E-state index is -0.701. The highest BCUT2D eigenvalue weighted by Gasteiger charge is 2.18. The van der Waals surface area contributed by atoms with Crippen molar-refractivity contribution >= 4 is 46.4 Å². The van der Waals surface area contributed by atoms with E-state index in [1.165, 1.54) is 4.90 Å². The third-order valence-electron chi connectivity index (χ3n) is 3.46. The summed E-state index contributed by atoms with van der Waals surface area (Å²) in [7, 11) is 0. The Morgan fingerprint density at radius 2 is 1.54 bits per heavy atom. The molecule has 2 aromatic carbocycles. The molecule has 0 aromatic heterocycles. The van der Waals surface area contributed by atoms with E-state index >= 15 is 0 Å². The fraction of sp³-hybridized carbons (Fsp3) is 0.111. The number of anilines is 2. The minimum absolute atomic E-state index is 0.401. The van der Waals surface area contributed by atoms with Crippen LogP contribution in [-0.2, 0) is 9.59 Å². The van der Waals surface area contributed by atoms with Crippen molar-refractivity contribution in [3.8, 4) is 0 Å². The first-order chi connectivity index (χ1) is 11.3. The van der Waals surface area contributed by atoms with Gasteiger partial charge in [-0.3, -0.25) is 14.5 Å². The fourth-order valence-electron chi connectivity index (χ4n) is 2.16. The van der Waals surface area contributed by atoms with E-state index in [0.717, 1.165) is 23.3 Å². The molecule has 2 aromatic rings. The Morgan fingerprint density at radius 3 is 2.08 bits per heavy atom. The number of nitrogens with zero attached hydrogens (tertiary/aromatic N) is 1. The van der Waals surface area contributed by atoms with Crippen LogP contribution in [0.4, 0.5) is 11.4 Å². The lowest BCUT2D eigenvalue weighted by Gasteiger charge is -2.23. The molecule has 0 aliphatic carbocycles. The Bertz CT molecular complexity index is 812. The molecule has 6 heteroatoms. The minimum Gasteiger partial charge on any atom is -0.366 e. The van der Waals surface area contributed by atoms with E-state index in [1.54, 1.807) is 18.2 Å². The molecular formula is C18H16Cl2N2O2. The van der Waals surface area contributed by atoms with Gasteiger partial charge in [-0.2, -0.15) is 0 Å². The second-order valence-corrected chi connectivity index (χ2v) is 6.18. The number of hydrogen-bond donors (Lipinski definition) is 1. The highest BCUT2D eigenvalue weighted by atomic mass is 35.5. The molecule has 0 spiro atoms. The highest BCUT2D eigenvalue weighted by molar-refractivity contribution is 6.35. The summed E-state index contributed by atoms with van der Waals surface area (Å²) in [6.45, 7) is 3.93. The van der Waals surface area contributed by atoms with Gasteiger partial charge in [0.15, 0.2) is 0 Å². The molecule has 24 heavy (non-hydrogen) atoms. The van der Waals surface area contributed by atoms with Crippen LogP contribution in [0.1, 0.15) is 11.1 Å². The average Bonchev–Trinajstić information content (AvgIpc) is 2.48. The molecule has 0 radical (unpaired) electrons. The average molecular weight is 363 g/mol. The number of hydrogen-bond acceptors (Lipinski definition) is 2. The smallest absolute Gasteiger partial charge is 0.255 e. The van der Waals surface area contributed by atoms with Crippen molar-refractivity contribution in [3.05, 3.63) is 69.7 Å². The number of halogens is 2. The van der Waals surface area contributed by atoms with Gasteiger partial charge in [-0.15, -0.1) is 0 Å². The summed E-state index contributed by atoms with van der Waals surface area (Å²) in [5.74, 6) is -1.14. The van der Waals surface area contributed by atoms with Gasteiger partial charge in [-0.05, 0) is 55.3 Å². The maximum Gasteiger partial charge on any atom is 0.255 e. The van der Waals surface area contributed by atoms with Gasteiger partial charge in [0.05, 0.1) is 5.69 Å². The Balaban J connectivity index is 2.57. The predicted molar refractivity (Wildman–Crippen MR) is 97.9 cm³/mol. The lowest BCUT2D eigenvalue weighted by atomic mass is 10.1. The van der Waals surface area contributed by atoms with Gasteiger partial charge >= 0.3 is 0 Å². The van der Waals surface area contributed by atoms with E-state index in [1.807, 2.05) is 32.0 Å². The van der Waals surface area contributed by atoms with Gasteiger partial charge < -0.3 is 5.73 Å².